The lowest BCUT2D eigenvalue weighted by atomic mass is 10.2. The van der Waals surface area contributed by atoms with Crippen LogP contribution in [0.1, 0.15) is 5.89 Å². The number of hydrogen-bond acceptors (Lipinski definition) is 5. The van der Waals surface area contributed by atoms with Crippen LogP contribution >= 0.6 is 23.2 Å². The first-order chi connectivity index (χ1) is 12.1. The Labute approximate surface area is 157 Å². The van der Waals surface area contributed by atoms with Crippen molar-refractivity contribution in [1.29, 1.82) is 0 Å². The zero-order chi connectivity index (χ0) is 17.6. The van der Waals surface area contributed by atoms with E-state index >= 15 is 0 Å². The number of benzene rings is 2. The summed E-state index contributed by atoms with van der Waals surface area (Å²) in [4.78, 5) is 4.25. The van der Waals surface area contributed by atoms with Gasteiger partial charge in [-0.05, 0) is 36.4 Å². The maximum Gasteiger partial charge on any atom is 0.239 e. The van der Waals surface area contributed by atoms with Gasteiger partial charge < -0.3 is 9.26 Å². The second-order valence-electron chi connectivity index (χ2n) is 5.08. The normalized spacial score (nSPS) is 12.1. The van der Waals surface area contributed by atoms with Gasteiger partial charge in [0.25, 0.3) is 0 Å². The first-order valence-electron chi connectivity index (χ1n) is 7.42. The SMILES string of the molecule is O=[S@@](CCOc1ccc(Cl)cc1)Cc1nc(-c2ccccc2Cl)no1. The zero-order valence-electron chi connectivity index (χ0n) is 13.0. The summed E-state index contributed by atoms with van der Waals surface area (Å²) in [5.74, 6) is 1.89. The number of ether oxygens (including phenoxy) is 1. The van der Waals surface area contributed by atoms with E-state index in [9.17, 15) is 4.21 Å². The maximum atomic E-state index is 12.1. The van der Waals surface area contributed by atoms with Crippen molar-refractivity contribution in [2.75, 3.05) is 12.4 Å². The first-order valence-corrected chi connectivity index (χ1v) is 9.67. The van der Waals surface area contributed by atoms with Gasteiger partial charge in [-0.25, -0.2) is 0 Å². The Bertz CT molecular complexity index is 868. The Kier molecular flexibility index (Phi) is 6.07. The summed E-state index contributed by atoms with van der Waals surface area (Å²) >= 11 is 11.9. The van der Waals surface area contributed by atoms with Gasteiger partial charge in [-0.3, -0.25) is 4.21 Å². The van der Waals surface area contributed by atoms with Crippen molar-refractivity contribution >= 4 is 34.0 Å². The highest BCUT2D eigenvalue weighted by molar-refractivity contribution is 7.84. The van der Waals surface area contributed by atoms with E-state index in [4.69, 9.17) is 32.5 Å². The average Bonchev–Trinajstić information content (AvgIpc) is 3.05. The number of rotatable bonds is 7. The molecule has 0 spiro atoms. The molecule has 0 aliphatic heterocycles. The molecule has 0 fully saturated rings. The molecule has 1 atom stereocenters. The molecule has 0 bridgehead atoms. The number of halogens is 2. The number of nitrogens with zero attached hydrogens (tertiary/aromatic N) is 2. The van der Waals surface area contributed by atoms with Gasteiger partial charge in [0.15, 0.2) is 0 Å². The van der Waals surface area contributed by atoms with Gasteiger partial charge in [-0.2, -0.15) is 4.98 Å². The van der Waals surface area contributed by atoms with Crippen molar-refractivity contribution in [3.05, 3.63) is 64.5 Å². The van der Waals surface area contributed by atoms with Gasteiger partial charge in [-0.1, -0.05) is 40.5 Å². The zero-order valence-corrected chi connectivity index (χ0v) is 15.4. The molecule has 0 N–H and O–H groups in total. The van der Waals surface area contributed by atoms with E-state index in [-0.39, 0.29) is 5.75 Å². The summed E-state index contributed by atoms with van der Waals surface area (Å²) in [6.45, 7) is 0.319. The van der Waals surface area contributed by atoms with Crippen LogP contribution in [0.3, 0.4) is 0 Å². The predicted molar refractivity (Wildman–Crippen MR) is 98.4 cm³/mol. The van der Waals surface area contributed by atoms with Gasteiger partial charge in [0, 0.05) is 21.4 Å². The van der Waals surface area contributed by atoms with Crippen LogP contribution in [0.2, 0.25) is 10.0 Å². The molecule has 1 heterocycles. The molecule has 0 aliphatic carbocycles. The minimum Gasteiger partial charge on any atom is -0.493 e. The minimum absolute atomic E-state index is 0.168. The molecular formula is C17H14Cl2N2O3S. The lowest BCUT2D eigenvalue weighted by Crippen LogP contribution is -2.10. The van der Waals surface area contributed by atoms with Crippen LogP contribution in [0.4, 0.5) is 0 Å². The van der Waals surface area contributed by atoms with E-state index in [0.717, 1.165) is 0 Å². The second kappa shape index (κ2) is 8.47. The predicted octanol–water partition coefficient (Wildman–Crippen LogP) is 4.37. The molecule has 8 heteroatoms. The van der Waals surface area contributed by atoms with Gasteiger partial charge in [0.1, 0.15) is 11.5 Å². The molecule has 3 aromatic rings. The highest BCUT2D eigenvalue weighted by atomic mass is 35.5. The molecule has 1 aromatic heterocycles. The molecule has 5 nitrogen and oxygen atoms in total. The Morgan fingerprint density at radius 3 is 2.60 bits per heavy atom. The molecule has 0 saturated carbocycles. The standard InChI is InChI=1S/C17H14Cl2N2O3S/c18-12-5-7-13(8-6-12)23-9-10-25(22)11-16-20-17(21-24-16)14-3-1-2-4-15(14)19/h1-8H,9-11H2/t25-/m0/s1. The minimum atomic E-state index is -1.18. The summed E-state index contributed by atoms with van der Waals surface area (Å²) in [7, 11) is -1.18. The third-order valence-electron chi connectivity index (χ3n) is 3.26. The highest BCUT2D eigenvalue weighted by Crippen LogP contribution is 2.25. The Hall–Kier alpha value is -1.89. The Morgan fingerprint density at radius 2 is 1.84 bits per heavy atom. The summed E-state index contributed by atoms with van der Waals surface area (Å²) in [5, 5.41) is 5.06. The molecule has 0 saturated heterocycles. The van der Waals surface area contributed by atoms with Crippen molar-refractivity contribution in [1.82, 2.24) is 10.1 Å². The lowest BCUT2D eigenvalue weighted by Gasteiger charge is -2.05. The third kappa shape index (κ3) is 5.04. The van der Waals surface area contributed by atoms with E-state index < -0.39 is 10.8 Å². The van der Waals surface area contributed by atoms with Gasteiger partial charge in [0.2, 0.25) is 11.7 Å². The lowest BCUT2D eigenvalue weighted by molar-refractivity contribution is 0.342. The van der Waals surface area contributed by atoms with Gasteiger partial charge >= 0.3 is 0 Å². The number of aromatic nitrogens is 2. The van der Waals surface area contributed by atoms with E-state index in [2.05, 4.69) is 10.1 Å². The molecule has 130 valence electrons. The fourth-order valence-corrected chi connectivity index (χ4v) is 3.21. The average molecular weight is 397 g/mol. The van der Waals surface area contributed by atoms with E-state index in [1.54, 1.807) is 36.4 Å². The van der Waals surface area contributed by atoms with E-state index in [1.807, 2.05) is 12.1 Å². The number of hydrogen-bond donors (Lipinski definition) is 0. The smallest absolute Gasteiger partial charge is 0.239 e. The fourth-order valence-electron chi connectivity index (χ4n) is 2.06. The van der Waals surface area contributed by atoms with Crippen LogP contribution in [0.5, 0.6) is 5.75 Å². The van der Waals surface area contributed by atoms with E-state index in [0.29, 0.717) is 45.4 Å². The van der Waals surface area contributed by atoms with Crippen LogP contribution in [0, 0.1) is 0 Å². The fraction of sp³-hybridized carbons (Fsp3) is 0.176. The van der Waals surface area contributed by atoms with Crippen LogP contribution in [-0.2, 0) is 16.6 Å². The second-order valence-corrected chi connectivity index (χ2v) is 7.50. The molecule has 0 radical (unpaired) electrons. The summed E-state index contributed by atoms with van der Waals surface area (Å²) in [5.41, 5.74) is 0.677. The van der Waals surface area contributed by atoms with Crippen LogP contribution in [0.15, 0.2) is 53.1 Å². The molecule has 0 aliphatic rings. The quantitative estimate of drug-likeness (QED) is 0.592. The third-order valence-corrected chi connectivity index (χ3v) is 5.03. The first kappa shape index (κ1) is 17.9. The topological polar surface area (TPSA) is 65.2 Å². The molecule has 0 unspecified atom stereocenters. The molecule has 25 heavy (non-hydrogen) atoms. The largest absolute Gasteiger partial charge is 0.493 e. The molecular weight excluding hydrogens is 383 g/mol. The summed E-state index contributed by atoms with van der Waals surface area (Å²) in [6.07, 6.45) is 0. The molecule has 2 aromatic carbocycles. The molecule has 0 amide bonds. The van der Waals surface area contributed by atoms with Crippen LogP contribution in [-0.4, -0.2) is 26.7 Å². The summed E-state index contributed by atoms with van der Waals surface area (Å²) < 4.78 is 22.8. The highest BCUT2D eigenvalue weighted by Gasteiger charge is 2.13. The van der Waals surface area contributed by atoms with Crippen molar-refractivity contribution in [3.63, 3.8) is 0 Å². The Balaban J connectivity index is 1.52. The molecule has 3 rings (SSSR count). The van der Waals surface area contributed by atoms with Gasteiger partial charge in [0.05, 0.1) is 17.4 Å². The van der Waals surface area contributed by atoms with Crippen molar-refractivity contribution < 1.29 is 13.5 Å². The van der Waals surface area contributed by atoms with Crippen molar-refractivity contribution in [3.8, 4) is 17.1 Å². The van der Waals surface area contributed by atoms with Crippen LogP contribution < -0.4 is 4.74 Å². The summed E-state index contributed by atoms with van der Waals surface area (Å²) in [6, 6.07) is 14.2. The van der Waals surface area contributed by atoms with Crippen molar-refractivity contribution in [2.45, 2.75) is 5.75 Å². The van der Waals surface area contributed by atoms with Crippen molar-refractivity contribution in [2.24, 2.45) is 0 Å². The van der Waals surface area contributed by atoms with E-state index in [1.165, 1.54) is 0 Å². The maximum absolute atomic E-state index is 12.1. The Morgan fingerprint density at radius 1 is 1.08 bits per heavy atom. The van der Waals surface area contributed by atoms with Crippen LogP contribution in [0.25, 0.3) is 11.4 Å². The monoisotopic (exact) mass is 396 g/mol. The van der Waals surface area contributed by atoms with Gasteiger partial charge in [-0.15, -0.1) is 0 Å².